The van der Waals surface area contributed by atoms with E-state index < -0.39 is 0 Å². The minimum Gasteiger partial charge on any atom is -0.506 e. The first-order valence-electron chi connectivity index (χ1n) is 10.6. The molecule has 2 heterocycles. The molecule has 0 aliphatic heterocycles. The molecule has 38 heavy (non-hydrogen) atoms. The van der Waals surface area contributed by atoms with E-state index >= 15 is 0 Å². The van der Waals surface area contributed by atoms with Gasteiger partial charge in [-0.05, 0) is 80.4 Å². The van der Waals surface area contributed by atoms with E-state index in [-0.39, 0.29) is 16.4 Å². The quantitative estimate of drug-likeness (QED) is 0.131. The summed E-state index contributed by atoms with van der Waals surface area (Å²) in [6.45, 7) is 0. The van der Waals surface area contributed by atoms with Crippen LogP contribution in [-0.4, -0.2) is 35.3 Å². The fourth-order valence-electron chi connectivity index (χ4n) is 3.46. The zero-order valence-corrected chi connectivity index (χ0v) is 27.0. The maximum Gasteiger partial charge on any atom is 0.369 e. The number of hydrogen-bond acceptors (Lipinski definition) is 6. The molecule has 0 spiro atoms. The maximum absolute atomic E-state index is 9.73. The van der Waals surface area contributed by atoms with Crippen molar-refractivity contribution in [1.82, 2.24) is 19.9 Å². The number of methoxy groups -OCH3 is 1. The number of phenolic OH excluding ortho intramolecular Hbond substituents is 1. The van der Waals surface area contributed by atoms with Crippen LogP contribution in [-0.2, 0) is 0 Å². The molecule has 0 fully saturated rings. The maximum atomic E-state index is 9.73. The molecule has 4 aromatic carbocycles. The molecule has 0 saturated heterocycles. The molecule has 0 unspecified atom stereocenters. The average Bonchev–Trinajstić information content (AvgIpc) is 2.89. The van der Waals surface area contributed by atoms with Crippen molar-refractivity contribution in [1.29, 1.82) is 0 Å². The van der Waals surface area contributed by atoms with Crippen molar-refractivity contribution in [2.45, 2.75) is 7.43 Å². The van der Waals surface area contributed by atoms with Crippen molar-refractivity contribution >= 4 is 126 Å². The van der Waals surface area contributed by atoms with Gasteiger partial charge < -0.3 is 9.84 Å². The smallest absolute Gasteiger partial charge is 0.369 e. The monoisotopic (exact) mass is 826 g/mol. The van der Waals surface area contributed by atoms with Gasteiger partial charge >= 0.3 is 3.18 Å². The summed E-state index contributed by atoms with van der Waals surface area (Å²) in [6.07, 6.45) is 0. The third kappa shape index (κ3) is 7.21. The second-order valence-corrected chi connectivity index (χ2v) is 15.5. The van der Waals surface area contributed by atoms with Gasteiger partial charge in [-0.15, -0.1) is 47.3 Å². The summed E-state index contributed by atoms with van der Waals surface area (Å²) in [5.74, 6) is 0.887. The number of para-hydroxylation sites is 4. The van der Waals surface area contributed by atoms with Gasteiger partial charge in [0.1, 0.15) is 33.6 Å². The van der Waals surface area contributed by atoms with Crippen LogP contribution < -0.4 is 4.74 Å². The molecule has 6 aromatic rings. The molecule has 0 atom stereocenters. The van der Waals surface area contributed by atoms with E-state index in [1.807, 2.05) is 60.7 Å². The lowest BCUT2D eigenvalue weighted by atomic mass is 10.2. The molecule has 12 heteroatoms. The lowest BCUT2D eigenvalue weighted by Gasteiger charge is -2.06. The summed E-state index contributed by atoms with van der Waals surface area (Å²) < 4.78 is 7.33. The first-order chi connectivity index (χ1) is 17.8. The molecule has 1 N–H and O–H groups in total. The molecule has 0 amide bonds. The molecule has 194 valence electrons. The third-order valence-corrected chi connectivity index (χ3v) is 6.34. The van der Waals surface area contributed by atoms with Gasteiger partial charge in [-0.25, -0.2) is 19.9 Å². The molecule has 0 aliphatic carbocycles. The Hall–Kier alpha value is -1.86. The van der Waals surface area contributed by atoms with Crippen molar-refractivity contribution in [2.24, 2.45) is 0 Å². The number of hydrogen-bond donors (Lipinski definition) is 1. The second kappa shape index (κ2) is 14.0. The van der Waals surface area contributed by atoms with E-state index in [1.54, 1.807) is 19.2 Å². The first kappa shape index (κ1) is 30.7. The summed E-state index contributed by atoms with van der Waals surface area (Å²) in [4.78, 5) is 18.1. The van der Waals surface area contributed by atoms with E-state index in [0.717, 1.165) is 47.8 Å². The molecule has 2 aromatic heterocycles. The molecule has 6 nitrogen and oxygen atoms in total. The Morgan fingerprint density at radius 1 is 0.605 bits per heavy atom. The van der Waals surface area contributed by atoms with Crippen molar-refractivity contribution in [3.63, 3.8) is 0 Å². The SMILES string of the molecule is BrB(Br)Br.C.COc1ccc(Br)c2nc3ccccc3nc12.Oc1ccc(Br)c2nc3ccccc3nc12. The Bertz CT molecular complexity index is 1660. The molecule has 0 radical (unpaired) electrons. The number of halogens is 5. The first-order valence-corrected chi connectivity index (χ1v) is 15.0. The molecule has 0 bridgehead atoms. The summed E-state index contributed by atoms with van der Waals surface area (Å²) in [5.41, 5.74) is 6.16. The highest BCUT2D eigenvalue weighted by atomic mass is 79.9. The van der Waals surface area contributed by atoms with Gasteiger partial charge in [0.2, 0.25) is 0 Å². The summed E-state index contributed by atoms with van der Waals surface area (Å²) in [5, 5.41) is 9.73. The van der Waals surface area contributed by atoms with Gasteiger partial charge in [0.05, 0.1) is 29.2 Å². The Labute approximate surface area is 261 Å². The third-order valence-electron chi connectivity index (χ3n) is 5.06. The van der Waals surface area contributed by atoms with Crippen LogP contribution in [0, 0.1) is 0 Å². The highest BCUT2D eigenvalue weighted by molar-refractivity contribution is 9.69. The number of rotatable bonds is 1. The zero-order valence-electron chi connectivity index (χ0n) is 19.0. The minimum atomic E-state index is 0. The summed E-state index contributed by atoms with van der Waals surface area (Å²) in [6, 6.07) is 22.6. The fourth-order valence-corrected chi connectivity index (χ4v) is 4.28. The Morgan fingerprint density at radius 2 is 0.974 bits per heavy atom. The topological polar surface area (TPSA) is 81.0 Å². The van der Waals surface area contributed by atoms with Crippen LogP contribution >= 0.6 is 79.1 Å². The van der Waals surface area contributed by atoms with Crippen LogP contribution in [0.2, 0.25) is 0 Å². The highest BCUT2D eigenvalue weighted by Gasteiger charge is 2.10. The predicted molar refractivity (Wildman–Crippen MR) is 177 cm³/mol. The molecular formula is C26H20BBr5N4O2. The number of ether oxygens (including phenoxy) is 1. The van der Waals surface area contributed by atoms with Crippen molar-refractivity contribution in [2.75, 3.05) is 7.11 Å². The van der Waals surface area contributed by atoms with Gasteiger partial charge in [-0.2, -0.15) is 0 Å². The number of nitrogens with zero attached hydrogens (tertiary/aromatic N) is 4. The van der Waals surface area contributed by atoms with E-state index in [9.17, 15) is 5.11 Å². The van der Waals surface area contributed by atoms with E-state index in [2.05, 4.69) is 99.1 Å². The second-order valence-electron chi connectivity index (χ2n) is 7.38. The van der Waals surface area contributed by atoms with E-state index in [0.29, 0.717) is 11.0 Å². The standard InChI is InChI=1S/C13H9BrN2O.C12H7BrN2O.CH4.BBr3/c1-17-11-7-6-8(14)12-13(11)16-10-5-3-2-4-9(10)15-12;13-7-5-6-10(16)12-11(7)14-8-3-1-2-4-9(8)15-12;;2-1(3)4/h2-7H,1H3;1-6,16H;1H4;. The van der Waals surface area contributed by atoms with Crippen molar-refractivity contribution < 1.29 is 9.84 Å². The number of aromatic nitrogens is 4. The molecular weight excluding hydrogens is 811 g/mol. The van der Waals surface area contributed by atoms with Gasteiger partial charge in [0.25, 0.3) is 0 Å². The molecule has 0 aliphatic rings. The Morgan fingerprint density at radius 3 is 1.42 bits per heavy atom. The van der Waals surface area contributed by atoms with Gasteiger partial charge in [0.15, 0.2) is 0 Å². The van der Waals surface area contributed by atoms with Crippen LogP contribution in [0.5, 0.6) is 11.5 Å². The zero-order chi connectivity index (χ0) is 26.5. The van der Waals surface area contributed by atoms with Gasteiger partial charge in [-0.1, -0.05) is 31.7 Å². The van der Waals surface area contributed by atoms with Gasteiger partial charge in [0, 0.05) is 8.95 Å². The predicted octanol–water partition coefficient (Wildman–Crippen LogP) is 9.60. The minimum absolute atomic E-state index is 0. The normalized spacial score (nSPS) is 10.3. The number of benzene rings is 4. The van der Waals surface area contributed by atoms with Crippen LogP contribution in [0.4, 0.5) is 0 Å². The average molecular weight is 831 g/mol. The lowest BCUT2D eigenvalue weighted by molar-refractivity contribution is 0.419. The van der Waals surface area contributed by atoms with E-state index in [1.165, 1.54) is 0 Å². The van der Waals surface area contributed by atoms with Crippen molar-refractivity contribution in [3.05, 3.63) is 81.7 Å². The fraction of sp³-hybridized carbons (Fsp3) is 0.0769. The van der Waals surface area contributed by atoms with Crippen LogP contribution in [0.25, 0.3) is 44.1 Å². The molecule has 0 saturated carbocycles. The lowest BCUT2D eigenvalue weighted by Crippen LogP contribution is -1.92. The Kier molecular flexibility index (Phi) is 11.3. The summed E-state index contributed by atoms with van der Waals surface area (Å²) in [7, 11) is 1.64. The molecule has 6 rings (SSSR count). The van der Waals surface area contributed by atoms with Crippen molar-refractivity contribution in [3.8, 4) is 11.5 Å². The largest absolute Gasteiger partial charge is 0.506 e. The van der Waals surface area contributed by atoms with E-state index in [4.69, 9.17) is 4.74 Å². The number of phenols is 1. The van der Waals surface area contributed by atoms with Crippen LogP contribution in [0.15, 0.2) is 81.7 Å². The van der Waals surface area contributed by atoms with Gasteiger partial charge in [-0.3, -0.25) is 0 Å². The number of aromatic hydroxyl groups is 1. The van der Waals surface area contributed by atoms with Crippen LogP contribution in [0.3, 0.4) is 0 Å². The highest BCUT2D eigenvalue weighted by Crippen LogP contribution is 2.31. The number of fused-ring (bicyclic) bond motifs is 4. The summed E-state index contributed by atoms with van der Waals surface area (Å²) >= 11 is 16.2. The van der Waals surface area contributed by atoms with Crippen LogP contribution in [0.1, 0.15) is 7.43 Å². The Balaban J connectivity index is 0.000000181.